The van der Waals surface area contributed by atoms with Crippen LogP contribution in [0.15, 0.2) is 36.4 Å². The van der Waals surface area contributed by atoms with Crippen molar-refractivity contribution in [3.63, 3.8) is 0 Å². The predicted octanol–water partition coefficient (Wildman–Crippen LogP) is 3.80. The normalized spacial score (nSPS) is 11.0. The minimum absolute atomic E-state index is 0.00202. The number of hydrogen-bond donors (Lipinski definition) is 1. The molecule has 146 valence electrons. The quantitative estimate of drug-likeness (QED) is 0.722. The third kappa shape index (κ3) is 4.51. The lowest BCUT2D eigenvalue weighted by atomic mass is 9.87. The van der Waals surface area contributed by atoms with E-state index in [4.69, 9.17) is 5.73 Å². The highest BCUT2D eigenvalue weighted by molar-refractivity contribution is 5.70. The Morgan fingerprint density at radius 1 is 1.24 bits per heavy atom. The Morgan fingerprint density at radius 3 is 2.41 bits per heavy atom. The first-order valence-corrected chi connectivity index (χ1v) is 9.03. The number of benzene rings is 1. The van der Waals surface area contributed by atoms with Gasteiger partial charge in [0.15, 0.2) is 0 Å². The van der Waals surface area contributed by atoms with Gasteiger partial charge in [-0.1, -0.05) is 30.4 Å². The molecule has 0 radical (unpaired) electrons. The van der Waals surface area contributed by atoms with Crippen molar-refractivity contribution in [2.24, 2.45) is 0 Å². The number of likely N-dealkylation sites (N-methyl/N-ethyl adjacent to an activating group) is 1. The molecular weight excluding hydrogens is 367 g/mol. The van der Waals surface area contributed by atoms with E-state index in [-0.39, 0.29) is 28.9 Å². The van der Waals surface area contributed by atoms with E-state index in [9.17, 15) is 20.2 Å². The van der Waals surface area contributed by atoms with Gasteiger partial charge in [-0.05, 0) is 31.9 Å². The molecule has 29 heavy (non-hydrogen) atoms. The lowest BCUT2D eigenvalue weighted by molar-refractivity contribution is 0.604. The van der Waals surface area contributed by atoms with Crippen LogP contribution in [0.1, 0.15) is 42.0 Å². The summed E-state index contributed by atoms with van der Waals surface area (Å²) in [5, 5.41) is 29.3. The minimum atomic E-state index is -0.941. The topological polar surface area (TPSA) is 114 Å². The summed E-state index contributed by atoms with van der Waals surface area (Å²) in [4.78, 5) is 6.08. The second-order valence-corrected chi connectivity index (χ2v) is 6.66. The monoisotopic (exact) mass is 388 g/mol. The molecule has 0 aliphatic rings. The molecule has 0 fully saturated rings. The number of hydrogen-bond acceptors (Lipinski definition) is 6. The summed E-state index contributed by atoms with van der Waals surface area (Å²) in [6.07, 6.45) is 0.00202. The summed E-state index contributed by atoms with van der Waals surface area (Å²) in [7, 11) is 0. The fraction of sp³-hybridized carbons (Fsp3) is 0.273. The van der Waals surface area contributed by atoms with Crippen molar-refractivity contribution >= 4 is 11.6 Å². The molecular formula is C22H21FN6. The van der Waals surface area contributed by atoms with Crippen molar-refractivity contribution in [3.8, 4) is 18.2 Å². The number of halogens is 1. The maximum absolute atomic E-state index is 14.2. The number of anilines is 2. The van der Waals surface area contributed by atoms with E-state index < -0.39 is 11.7 Å². The van der Waals surface area contributed by atoms with Crippen molar-refractivity contribution in [1.82, 2.24) is 4.98 Å². The highest BCUT2D eigenvalue weighted by atomic mass is 19.1. The molecule has 0 saturated heterocycles. The average molecular weight is 388 g/mol. The Bertz CT molecular complexity index is 1050. The van der Waals surface area contributed by atoms with Crippen LogP contribution in [-0.4, -0.2) is 18.1 Å². The molecule has 2 N–H and O–H groups in total. The van der Waals surface area contributed by atoms with Crippen LogP contribution in [0.4, 0.5) is 16.0 Å². The number of pyridine rings is 1. The Morgan fingerprint density at radius 2 is 1.90 bits per heavy atom. The van der Waals surface area contributed by atoms with Gasteiger partial charge < -0.3 is 10.6 Å². The van der Waals surface area contributed by atoms with Crippen molar-refractivity contribution in [1.29, 1.82) is 15.8 Å². The molecule has 1 heterocycles. The number of nitriles is 3. The molecule has 1 aromatic heterocycles. The van der Waals surface area contributed by atoms with Gasteiger partial charge in [-0.25, -0.2) is 9.37 Å². The summed E-state index contributed by atoms with van der Waals surface area (Å²) in [6.45, 7) is 8.58. The molecule has 1 aromatic carbocycles. The van der Waals surface area contributed by atoms with Gasteiger partial charge in [-0.15, -0.1) is 0 Å². The fourth-order valence-electron chi connectivity index (χ4n) is 3.17. The Hall–Kier alpha value is -3.89. The summed E-state index contributed by atoms with van der Waals surface area (Å²) >= 11 is 0. The molecule has 1 atom stereocenters. The molecule has 0 amide bonds. The highest BCUT2D eigenvalue weighted by Crippen LogP contribution is 2.35. The standard InChI is InChI=1S/C22H21FN6/c1-4-29(13-14(2)3)22-18(12-26)20(17(11-25)21(27)28-22)16(10-24)9-15-7-5-6-8-19(15)23/h5-8,16H,2,4,9,13H2,1,3H3,(H2,27,28)/t16-/m0/s1. The van der Waals surface area contributed by atoms with Crippen LogP contribution in [-0.2, 0) is 6.42 Å². The van der Waals surface area contributed by atoms with Gasteiger partial charge >= 0.3 is 0 Å². The Balaban J connectivity index is 2.72. The van der Waals surface area contributed by atoms with Crippen LogP contribution >= 0.6 is 0 Å². The minimum Gasteiger partial charge on any atom is -0.383 e. The van der Waals surface area contributed by atoms with Crippen molar-refractivity contribution in [2.45, 2.75) is 26.2 Å². The maximum Gasteiger partial charge on any atom is 0.149 e. The third-order valence-corrected chi connectivity index (χ3v) is 4.50. The average Bonchev–Trinajstić information content (AvgIpc) is 2.70. The van der Waals surface area contributed by atoms with Gasteiger partial charge in [0.05, 0.1) is 12.0 Å². The highest BCUT2D eigenvalue weighted by Gasteiger charge is 2.28. The zero-order valence-corrected chi connectivity index (χ0v) is 16.4. The number of nitrogens with zero attached hydrogens (tertiary/aromatic N) is 5. The summed E-state index contributed by atoms with van der Waals surface area (Å²) in [5.41, 5.74) is 7.44. The van der Waals surface area contributed by atoms with Crippen LogP contribution in [0.2, 0.25) is 0 Å². The summed E-state index contributed by atoms with van der Waals surface area (Å²) in [5.74, 6) is -1.17. The zero-order chi connectivity index (χ0) is 21.6. The number of rotatable bonds is 7. The molecule has 2 rings (SSSR count). The van der Waals surface area contributed by atoms with Crippen LogP contribution in [0, 0.1) is 39.8 Å². The van der Waals surface area contributed by atoms with E-state index in [1.807, 2.05) is 19.9 Å². The lowest BCUT2D eigenvalue weighted by Crippen LogP contribution is -2.28. The SMILES string of the molecule is C=C(C)CN(CC)c1nc(N)c(C#N)c([C@H](C#N)Cc2ccccc2F)c1C#N. The Labute approximate surface area is 169 Å². The summed E-state index contributed by atoms with van der Waals surface area (Å²) in [6, 6.07) is 12.3. The van der Waals surface area contributed by atoms with E-state index in [1.165, 1.54) is 6.07 Å². The first-order chi connectivity index (χ1) is 13.9. The maximum atomic E-state index is 14.2. The van der Waals surface area contributed by atoms with E-state index >= 15 is 0 Å². The molecule has 0 aliphatic carbocycles. The molecule has 0 saturated carbocycles. The van der Waals surface area contributed by atoms with Crippen LogP contribution in [0.25, 0.3) is 0 Å². The largest absolute Gasteiger partial charge is 0.383 e. The number of nitrogen functional groups attached to an aromatic ring is 1. The molecule has 0 spiro atoms. The van der Waals surface area contributed by atoms with Crippen LogP contribution in [0.5, 0.6) is 0 Å². The smallest absolute Gasteiger partial charge is 0.149 e. The van der Waals surface area contributed by atoms with Crippen molar-refractivity contribution in [3.05, 3.63) is 64.5 Å². The molecule has 7 heteroatoms. The molecule has 2 aromatic rings. The van der Waals surface area contributed by atoms with Crippen molar-refractivity contribution < 1.29 is 4.39 Å². The van der Waals surface area contributed by atoms with E-state index in [0.29, 0.717) is 24.5 Å². The number of aromatic nitrogens is 1. The Kier molecular flexibility index (Phi) is 6.90. The van der Waals surface area contributed by atoms with Gasteiger partial charge in [-0.2, -0.15) is 15.8 Å². The summed E-state index contributed by atoms with van der Waals surface area (Å²) < 4.78 is 14.2. The van der Waals surface area contributed by atoms with Crippen molar-refractivity contribution in [2.75, 3.05) is 23.7 Å². The first kappa shape index (κ1) is 21.4. The second-order valence-electron chi connectivity index (χ2n) is 6.66. The molecule has 0 unspecified atom stereocenters. The number of nitrogens with two attached hydrogens (primary N) is 1. The second kappa shape index (κ2) is 9.35. The van der Waals surface area contributed by atoms with E-state index in [1.54, 1.807) is 23.1 Å². The van der Waals surface area contributed by atoms with Gasteiger partial charge in [0.2, 0.25) is 0 Å². The zero-order valence-electron chi connectivity index (χ0n) is 16.4. The van der Waals surface area contributed by atoms with Crippen LogP contribution < -0.4 is 10.6 Å². The van der Waals surface area contributed by atoms with E-state index in [2.05, 4.69) is 23.7 Å². The molecule has 0 bridgehead atoms. The predicted molar refractivity (Wildman–Crippen MR) is 109 cm³/mol. The van der Waals surface area contributed by atoms with Gasteiger partial charge in [0.25, 0.3) is 0 Å². The van der Waals surface area contributed by atoms with Crippen LogP contribution in [0.3, 0.4) is 0 Å². The van der Waals surface area contributed by atoms with Gasteiger partial charge in [0, 0.05) is 18.7 Å². The lowest BCUT2D eigenvalue weighted by Gasteiger charge is -2.26. The third-order valence-electron chi connectivity index (χ3n) is 4.50. The molecule has 6 nitrogen and oxygen atoms in total. The first-order valence-electron chi connectivity index (χ1n) is 9.03. The van der Waals surface area contributed by atoms with Gasteiger partial charge in [-0.3, -0.25) is 0 Å². The van der Waals surface area contributed by atoms with Gasteiger partial charge in [0.1, 0.15) is 40.7 Å². The fourth-order valence-corrected chi connectivity index (χ4v) is 3.17. The molecule has 0 aliphatic heterocycles. The van der Waals surface area contributed by atoms with E-state index in [0.717, 1.165) is 5.57 Å².